The SMILES string of the molecule is COc1ccc(CCO)c(Nc2nc3ccccc3nc2NS(C)(=O)=O)c1.[K]. The predicted octanol–water partition coefficient (Wildman–Crippen LogP) is 1.91. The number of nitrogens with zero attached hydrogens (tertiary/aromatic N) is 2. The van der Waals surface area contributed by atoms with Crippen molar-refractivity contribution >= 4 is 89.8 Å². The number of benzene rings is 2. The van der Waals surface area contributed by atoms with E-state index in [0.717, 1.165) is 11.8 Å². The Kier molecular flexibility index (Phi) is 8.19. The zero-order valence-corrected chi connectivity index (χ0v) is 19.9. The second-order valence-corrected chi connectivity index (χ2v) is 7.65. The van der Waals surface area contributed by atoms with Crippen molar-refractivity contribution in [3.63, 3.8) is 0 Å². The fourth-order valence-electron chi connectivity index (χ4n) is 2.60. The summed E-state index contributed by atoms with van der Waals surface area (Å²) in [5.41, 5.74) is 2.66. The van der Waals surface area contributed by atoms with E-state index in [1.54, 1.807) is 37.4 Å². The minimum atomic E-state index is -3.55. The average molecular weight is 428 g/mol. The van der Waals surface area contributed by atoms with E-state index in [-0.39, 0.29) is 69.6 Å². The summed E-state index contributed by atoms with van der Waals surface area (Å²) in [7, 11) is -2.00. The van der Waals surface area contributed by atoms with Crippen LogP contribution in [0.4, 0.5) is 17.3 Å². The molecule has 3 rings (SSSR count). The number of ether oxygens (including phenoxy) is 1. The van der Waals surface area contributed by atoms with Crippen molar-refractivity contribution in [2.75, 3.05) is 30.0 Å². The van der Waals surface area contributed by atoms with Crippen LogP contribution >= 0.6 is 0 Å². The second-order valence-electron chi connectivity index (χ2n) is 5.91. The molecule has 0 saturated heterocycles. The van der Waals surface area contributed by atoms with Crippen molar-refractivity contribution < 1.29 is 18.3 Å². The number of aliphatic hydroxyl groups is 1. The van der Waals surface area contributed by atoms with Crippen molar-refractivity contribution in [3.8, 4) is 5.75 Å². The molecule has 3 aromatic rings. The molecule has 2 aromatic carbocycles. The van der Waals surface area contributed by atoms with Crippen LogP contribution in [0.1, 0.15) is 5.56 Å². The van der Waals surface area contributed by atoms with E-state index < -0.39 is 10.0 Å². The molecule has 0 aliphatic heterocycles. The smallest absolute Gasteiger partial charge is 0.231 e. The van der Waals surface area contributed by atoms with Gasteiger partial charge in [0, 0.05) is 69.7 Å². The van der Waals surface area contributed by atoms with E-state index in [0.29, 0.717) is 28.9 Å². The molecule has 28 heavy (non-hydrogen) atoms. The third-order valence-electron chi connectivity index (χ3n) is 3.80. The number of para-hydroxylation sites is 2. The Balaban J connectivity index is 0.00000280. The van der Waals surface area contributed by atoms with Gasteiger partial charge in [0.2, 0.25) is 10.0 Å². The summed E-state index contributed by atoms with van der Waals surface area (Å²) < 4.78 is 31.2. The van der Waals surface area contributed by atoms with Crippen LogP contribution in [0.2, 0.25) is 0 Å². The molecule has 8 nitrogen and oxygen atoms in total. The van der Waals surface area contributed by atoms with Gasteiger partial charge in [0.05, 0.1) is 24.4 Å². The first kappa shape index (κ1) is 23.0. The van der Waals surface area contributed by atoms with E-state index in [9.17, 15) is 13.5 Å². The molecule has 1 radical (unpaired) electrons. The molecule has 1 heterocycles. The summed E-state index contributed by atoms with van der Waals surface area (Å²) in [6.07, 6.45) is 1.47. The number of aromatic nitrogens is 2. The fraction of sp³-hybridized carbons (Fsp3) is 0.222. The third-order valence-corrected chi connectivity index (χ3v) is 4.37. The molecule has 0 atom stereocenters. The van der Waals surface area contributed by atoms with Crippen LogP contribution in [-0.4, -0.2) is 94.8 Å². The minimum Gasteiger partial charge on any atom is -0.497 e. The Labute approximate surface area is 206 Å². The monoisotopic (exact) mass is 427 g/mol. The van der Waals surface area contributed by atoms with E-state index in [1.165, 1.54) is 0 Å². The van der Waals surface area contributed by atoms with Gasteiger partial charge in [0.1, 0.15) is 5.75 Å². The minimum absolute atomic E-state index is 0. The van der Waals surface area contributed by atoms with Crippen LogP contribution in [-0.2, 0) is 16.4 Å². The zero-order chi connectivity index (χ0) is 19.4. The van der Waals surface area contributed by atoms with Gasteiger partial charge >= 0.3 is 0 Å². The normalized spacial score (nSPS) is 11.0. The van der Waals surface area contributed by atoms with Crippen molar-refractivity contribution in [1.82, 2.24) is 9.97 Å². The van der Waals surface area contributed by atoms with Crippen LogP contribution in [0.25, 0.3) is 11.0 Å². The molecule has 143 valence electrons. The summed E-state index contributed by atoms with van der Waals surface area (Å²) in [6.45, 7) is -0.0289. The van der Waals surface area contributed by atoms with Crippen LogP contribution in [0.3, 0.4) is 0 Å². The Morgan fingerprint density at radius 3 is 2.29 bits per heavy atom. The molecule has 0 fully saturated rings. The van der Waals surface area contributed by atoms with Crippen molar-refractivity contribution in [2.24, 2.45) is 0 Å². The first-order valence-corrected chi connectivity index (χ1v) is 10.1. The van der Waals surface area contributed by atoms with E-state index in [1.807, 2.05) is 12.1 Å². The molecule has 10 heteroatoms. The fourth-order valence-corrected chi connectivity index (χ4v) is 3.09. The first-order valence-electron chi connectivity index (χ1n) is 8.19. The van der Waals surface area contributed by atoms with Crippen LogP contribution in [0.5, 0.6) is 5.75 Å². The molecular formula is C18H20KN4O4S. The first-order chi connectivity index (χ1) is 12.9. The maximum absolute atomic E-state index is 11.8. The summed E-state index contributed by atoms with van der Waals surface area (Å²) in [5, 5.41) is 12.4. The topological polar surface area (TPSA) is 113 Å². The standard InChI is InChI=1S/C18H20N4O4S.K/c1-26-13-8-7-12(9-10-23)16(11-13)21-17-18(22-27(2,24)25)20-15-6-4-3-5-14(15)19-17;/h3-8,11,23H,9-10H2,1-2H3,(H,19,21)(H,20,22);. The van der Waals surface area contributed by atoms with Gasteiger partial charge in [-0.05, 0) is 30.2 Å². The van der Waals surface area contributed by atoms with Crippen LogP contribution in [0, 0.1) is 0 Å². The number of anilines is 3. The van der Waals surface area contributed by atoms with Gasteiger partial charge in [-0.3, -0.25) is 4.72 Å². The molecule has 1 aromatic heterocycles. The number of sulfonamides is 1. The Bertz CT molecular complexity index is 1080. The predicted molar refractivity (Wildman–Crippen MR) is 111 cm³/mol. The van der Waals surface area contributed by atoms with Gasteiger partial charge in [0.25, 0.3) is 0 Å². The van der Waals surface area contributed by atoms with Crippen LogP contribution in [0.15, 0.2) is 42.5 Å². The van der Waals surface area contributed by atoms with Gasteiger partial charge in [-0.25, -0.2) is 18.4 Å². The Morgan fingerprint density at radius 1 is 1.07 bits per heavy atom. The number of fused-ring (bicyclic) bond motifs is 1. The van der Waals surface area contributed by atoms with Gasteiger partial charge in [-0.1, -0.05) is 18.2 Å². The second kappa shape index (κ2) is 9.97. The molecule has 0 spiro atoms. The van der Waals surface area contributed by atoms with Gasteiger partial charge in [-0.2, -0.15) is 0 Å². The summed E-state index contributed by atoms with van der Waals surface area (Å²) in [6, 6.07) is 12.5. The molecule has 0 bridgehead atoms. The number of hydrogen-bond donors (Lipinski definition) is 3. The number of rotatable bonds is 7. The third kappa shape index (κ3) is 5.86. The number of methoxy groups -OCH3 is 1. The van der Waals surface area contributed by atoms with Crippen molar-refractivity contribution in [1.29, 1.82) is 0 Å². The molecule has 0 aliphatic rings. The van der Waals surface area contributed by atoms with Gasteiger partial charge in [0.15, 0.2) is 11.6 Å². The summed E-state index contributed by atoms with van der Waals surface area (Å²) in [5.74, 6) is 0.964. The quantitative estimate of drug-likeness (QED) is 0.494. The summed E-state index contributed by atoms with van der Waals surface area (Å²) in [4.78, 5) is 8.89. The van der Waals surface area contributed by atoms with Gasteiger partial charge in [-0.15, -0.1) is 0 Å². The van der Waals surface area contributed by atoms with Gasteiger partial charge < -0.3 is 15.2 Å². The molecule has 0 aliphatic carbocycles. The van der Waals surface area contributed by atoms with E-state index in [2.05, 4.69) is 20.0 Å². The summed E-state index contributed by atoms with van der Waals surface area (Å²) >= 11 is 0. The average Bonchev–Trinajstić information content (AvgIpc) is 2.62. The molecule has 0 unspecified atom stereocenters. The zero-order valence-electron chi connectivity index (χ0n) is 15.9. The number of hydrogen-bond acceptors (Lipinski definition) is 7. The maximum atomic E-state index is 11.8. The Morgan fingerprint density at radius 2 is 1.71 bits per heavy atom. The molecule has 0 amide bonds. The van der Waals surface area contributed by atoms with E-state index in [4.69, 9.17) is 4.74 Å². The van der Waals surface area contributed by atoms with Crippen molar-refractivity contribution in [2.45, 2.75) is 6.42 Å². The number of nitrogens with one attached hydrogen (secondary N) is 2. The maximum Gasteiger partial charge on any atom is 0.231 e. The van der Waals surface area contributed by atoms with Crippen LogP contribution < -0.4 is 14.8 Å². The van der Waals surface area contributed by atoms with E-state index >= 15 is 0 Å². The Hall–Kier alpha value is -1.27. The largest absolute Gasteiger partial charge is 0.497 e. The molecule has 0 saturated carbocycles. The van der Waals surface area contributed by atoms with Crippen molar-refractivity contribution in [3.05, 3.63) is 48.0 Å². The number of aliphatic hydroxyl groups excluding tert-OH is 1. The molecular weight excluding hydrogens is 407 g/mol. The molecule has 3 N–H and O–H groups in total.